The van der Waals surface area contributed by atoms with Gasteiger partial charge in [-0.25, -0.2) is 0 Å². The smallest absolute Gasteiger partial charge is 0.316 e. The van der Waals surface area contributed by atoms with Crippen LogP contribution in [0.5, 0.6) is 0 Å². The number of imide groups is 1. The number of para-hydroxylation sites is 1. The van der Waals surface area contributed by atoms with Crippen molar-refractivity contribution >= 4 is 23.4 Å². The summed E-state index contributed by atoms with van der Waals surface area (Å²) in [6, 6.07) is 6.22. The van der Waals surface area contributed by atoms with Crippen LogP contribution in [0.25, 0.3) is 0 Å². The average molecular weight is 279 g/mol. The number of carbonyl (C=O) groups is 3. The van der Waals surface area contributed by atoms with Gasteiger partial charge in [0, 0.05) is 18.8 Å². The number of nitrogens with two attached hydrogens (primary N) is 1. The van der Waals surface area contributed by atoms with Gasteiger partial charge >= 0.3 is 11.8 Å². The molecule has 0 aromatic heterocycles. The van der Waals surface area contributed by atoms with Crippen molar-refractivity contribution in [3.8, 4) is 0 Å². The number of likely N-dealkylation sites (N-methyl/N-ethyl adjacent to an activating group) is 1. The number of nitrogens with zero attached hydrogens (tertiary/aromatic N) is 1. The molecular formula is C13H17N3O4. The van der Waals surface area contributed by atoms with Gasteiger partial charge in [0.1, 0.15) is 0 Å². The van der Waals surface area contributed by atoms with Gasteiger partial charge in [0.2, 0.25) is 0 Å². The van der Waals surface area contributed by atoms with Gasteiger partial charge in [0.15, 0.2) is 0 Å². The van der Waals surface area contributed by atoms with E-state index < -0.39 is 17.7 Å². The zero-order valence-corrected chi connectivity index (χ0v) is 11.1. The maximum absolute atomic E-state index is 11.8. The van der Waals surface area contributed by atoms with Gasteiger partial charge in [0.05, 0.1) is 12.2 Å². The van der Waals surface area contributed by atoms with E-state index >= 15 is 0 Å². The first-order valence-corrected chi connectivity index (χ1v) is 6.11. The molecule has 1 aromatic carbocycles. The second-order valence-corrected chi connectivity index (χ2v) is 3.98. The summed E-state index contributed by atoms with van der Waals surface area (Å²) in [6.07, 6.45) is 0. The highest BCUT2D eigenvalue weighted by Gasteiger charge is 2.23. The predicted octanol–water partition coefficient (Wildman–Crippen LogP) is -0.634. The Morgan fingerprint density at radius 1 is 1.30 bits per heavy atom. The van der Waals surface area contributed by atoms with Gasteiger partial charge in [-0.1, -0.05) is 12.1 Å². The lowest BCUT2D eigenvalue weighted by Gasteiger charge is -2.18. The van der Waals surface area contributed by atoms with Gasteiger partial charge in [-0.3, -0.25) is 19.7 Å². The molecule has 7 heteroatoms. The van der Waals surface area contributed by atoms with Crippen molar-refractivity contribution in [2.45, 2.75) is 6.92 Å². The minimum Gasteiger partial charge on any atom is -0.398 e. The van der Waals surface area contributed by atoms with E-state index in [9.17, 15) is 14.4 Å². The summed E-state index contributed by atoms with van der Waals surface area (Å²) in [5, 5.41) is 10.8. The molecule has 0 aliphatic carbocycles. The maximum atomic E-state index is 11.8. The molecule has 4 N–H and O–H groups in total. The Labute approximate surface area is 116 Å². The Hall–Kier alpha value is -2.41. The van der Waals surface area contributed by atoms with E-state index in [-0.39, 0.29) is 30.9 Å². The number of amides is 3. The van der Waals surface area contributed by atoms with Crippen molar-refractivity contribution in [1.29, 1.82) is 0 Å². The number of aliphatic hydroxyl groups is 1. The van der Waals surface area contributed by atoms with Gasteiger partial charge in [-0.05, 0) is 19.1 Å². The first-order chi connectivity index (χ1) is 9.51. The number of hydrogen-bond donors (Lipinski definition) is 3. The van der Waals surface area contributed by atoms with E-state index in [0.29, 0.717) is 0 Å². The molecule has 1 rings (SSSR count). The fraction of sp³-hybridized carbons (Fsp3) is 0.308. The van der Waals surface area contributed by atoms with Crippen molar-refractivity contribution in [2.24, 2.45) is 0 Å². The Kier molecular flexibility index (Phi) is 5.67. The minimum atomic E-state index is -1.05. The molecule has 1 aromatic rings. The van der Waals surface area contributed by atoms with Crippen LogP contribution in [0.15, 0.2) is 24.3 Å². The molecule has 0 saturated carbocycles. The summed E-state index contributed by atoms with van der Waals surface area (Å²) in [4.78, 5) is 36.4. The number of nitrogens with one attached hydrogen (secondary N) is 1. The van der Waals surface area contributed by atoms with Gasteiger partial charge < -0.3 is 15.7 Å². The Morgan fingerprint density at radius 2 is 1.95 bits per heavy atom. The highest BCUT2D eigenvalue weighted by Crippen LogP contribution is 2.09. The molecule has 0 aliphatic rings. The molecule has 7 nitrogen and oxygen atoms in total. The van der Waals surface area contributed by atoms with Crippen molar-refractivity contribution in [2.75, 3.05) is 25.4 Å². The lowest BCUT2D eigenvalue weighted by molar-refractivity contribution is -0.145. The maximum Gasteiger partial charge on any atom is 0.316 e. The van der Waals surface area contributed by atoms with Gasteiger partial charge in [0.25, 0.3) is 5.91 Å². The number of benzene rings is 1. The van der Waals surface area contributed by atoms with Crippen LogP contribution in [0.3, 0.4) is 0 Å². The van der Waals surface area contributed by atoms with Crippen molar-refractivity contribution in [3.05, 3.63) is 29.8 Å². The van der Waals surface area contributed by atoms with Crippen LogP contribution in [0.2, 0.25) is 0 Å². The standard InChI is InChI=1S/C13H17N3O4/c1-2-16(7-8-17)13(20)12(19)15-11(18)9-5-3-4-6-10(9)14/h3-6,17H,2,7-8,14H2,1H3,(H,15,18,19). The molecule has 0 heterocycles. The van der Waals surface area contributed by atoms with Gasteiger partial charge in [-0.15, -0.1) is 0 Å². The lowest BCUT2D eigenvalue weighted by Crippen LogP contribution is -2.46. The number of carbonyl (C=O) groups excluding carboxylic acids is 3. The van der Waals surface area contributed by atoms with E-state index in [1.807, 2.05) is 5.32 Å². The first-order valence-electron chi connectivity index (χ1n) is 6.11. The van der Waals surface area contributed by atoms with Crippen molar-refractivity contribution in [3.63, 3.8) is 0 Å². The molecule has 0 atom stereocenters. The van der Waals surface area contributed by atoms with Crippen molar-refractivity contribution in [1.82, 2.24) is 10.2 Å². The molecule has 0 bridgehead atoms. The highest BCUT2D eigenvalue weighted by molar-refractivity contribution is 6.38. The molecule has 0 unspecified atom stereocenters. The molecule has 0 spiro atoms. The third-order valence-electron chi connectivity index (χ3n) is 2.67. The summed E-state index contributed by atoms with van der Waals surface area (Å²) < 4.78 is 0. The molecule has 108 valence electrons. The van der Waals surface area contributed by atoms with E-state index in [4.69, 9.17) is 10.8 Å². The summed E-state index contributed by atoms with van der Waals surface area (Å²) >= 11 is 0. The Balaban J connectivity index is 2.73. The predicted molar refractivity (Wildman–Crippen MR) is 72.7 cm³/mol. The normalized spacial score (nSPS) is 9.90. The second-order valence-electron chi connectivity index (χ2n) is 3.98. The van der Waals surface area contributed by atoms with Crippen LogP contribution < -0.4 is 11.1 Å². The largest absolute Gasteiger partial charge is 0.398 e. The summed E-state index contributed by atoms with van der Waals surface area (Å²) in [5.41, 5.74) is 5.95. The fourth-order valence-corrected chi connectivity index (χ4v) is 1.60. The van der Waals surface area contributed by atoms with E-state index in [1.54, 1.807) is 19.1 Å². The second kappa shape index (κ2) is 7.25. The molecule has 0 fully saturated rings. The molecule has 0 aliphatic heterocycles. The van der Waals surface area contributed by atoms with Crippen LogP contribution in [-0.4, -0.2) is 47.4 Å². The minimum absolute atomic E-state index is 0.0322. The number of anilines is 1. The van der Waals surface area contributed by atoms with Crippen LogP contribution in [0.4, 0.5) is 5.69 Å². The summed E-state index contributed by atoms with van der Waals surface area (Å²) in [5.74, 6) is -2.65. The van der Waals surface area contributed by atoms with Crippen LogP contribution in [0, 0.1) is 0 Å². The zero-order valence-electron chi connectivity index (χ0n) is 11.1. The molecular weight excluding hydrogens is 262 g/mol. The SMILES string of the molecule is CCN(CCO)C(=O)C(=O)NC(=O)c1ccccc1N. The third-order valence-corrected chi connectivity index (χ3v) is 2.67. The topological polar surface area (TPSA) is 113 Å². The van der Waals surface area contributed by atoms with E-state index in [2.05, 4.69) is 0 Å². The van der Waals surface area contributed by atoms with Crippen LogP contribution in [-0.2, 0) is 9.59 Å². The fourth-order valence-electron chi connectivity index (χ4n) is 1.60. The van der Waals surface area contributed by atoms with Crippen LogP contribution in [0.1, 0.15) is 17.3 Å². The highest BCUT2D eigenvalue weighted by atomic mass is 16.3. The molecule has 0 radical (unpaired) electrons. The first kappa shape index (κ1) is 15.6. The summed E-state index contributed by atoms with van der Waals surface area (Å²) in [7, 11) is 0. The lowest BCUT2D eigenvalue weighted by atomic mass is 10.1. The molecule has 3 amide bonds. The van der Waals surface area contributed by atoms with E-state index in [1.165, 1.54) is 12.1 Å². The van der Waals surface area contributed by atoms with Crippen molar-refractivity contribution < 1.29 is 19.5 Å². The third kappa shape index (κ3) is 3.79. The Morgan fingerprint density at radius 3 is 2.50 bits per heavy atom. The number of aliphatic hydroxyl groups excluding tert-OH is 1. The monoisotopic (exact) mass is 279 g/mol. The molecule has 0 saturated heterocycles. The summed E-state index contributed by atoms with van der Waals surface area (Å²) in [6.45, 7) is 1.70. The van der Waals surface area contributed by atoms with E-state index in [0.717, 1.165) is 4.90 Å². The van der Waals surface area contributed by atoms with Crippen LogP contribution >= 0.6 is 0 Å². The number of hydrogen-bond acceptors (Lipinski definition) is 5. The average Bonchev–Trinajstić information content (AvgIpc) is 2.44. The van der Waals surface area contributed by atoms with Gasteiger partial charge in [-0.2, -0.15) is 0 Å². The number of nitrogen functional groups attached to an aromatic ring is 1. The number of rotatable bonds is 4. The zero-order chi connectivity index (χ0) is 15.1. The molecule has 20 heavy (non-hydrogen) atoms. The quantitative estimate of drug-likeness (QED) is 0.501. The Bertz CT molecular complexity index is 516.